The first kappa shape index (κ1) is 5.45. The summed E-state index contributed by atoms with van der Waals surface area (Å²) < 4.78 is 0. The van der Waals surface area contributed by atoms with E-state index in [1.165, 1.54) is 0 Å². The van der Waals surface area contributed by atoms with Gasteiger partial charge in [-0.25, -0.2) is 6.57 Å². The minimum absolute atomic E-state index is 0.0440. The standard InChI is InChI=1S/C4H8N2/c1-4(5)3-6-2/h4H,3,5H2,1H3. The third kappa shape index (κ3) is 3.45. The Kier molecular flexibility index (Phi) is 2.43. The zero-order chi connectivity index (χ0) is 4.99. The molecule has 0 saturated heterocycles. The third-order valence-electron chi connectivity index (χ3n) is 0.379. The maximum Gasteiger partial charge on any atom is 0.229 e. The first-order chi connectivity index (χ1) is 2.77. The van der Waals surface area contributed by atoms with Gasteiger partial charge < -0.3 is 10.6 Å². The highest BCUT2D eigenvalue weighted by Crippen LogP contribution is 1.71. The summed E-state index contributed by atoms with van der Waals surface area (Å²) in [6, 6.07) is 0.0440. The van der Waals surface area contributed by atoms with Gasteiger partial charge in [0.2, 0.25) is 6.54 Å². The molecule has 0 amide bonds. The Morgan fingerprint density at radius 2 is 2.50 bits per heavy atom. The van der Waals surface area contributed by atoms with E-state index >= 15 is 0 Å². The van der Waals surface area contributed by atoms with E-state index in [1.807, 2.05) is 6.92 Å². The second kappa shape index (κ2) is 2.67. The van der Waals surface area contributed by atoms with Gasteiger partial charge in [-0.3, -0.25) is 0 Å². The smallest absolute Gasteiger partial charge is 0.229 e. The molecule has 0 fully saturated rings. The zero-order valence-electron chi connectivity index (χ0n) is 3.81. The normalized spacial score (nSPS) is 12.8. The molecule has 2 heteroatoms. The lowest BCUT2D eigenvalue weighted by Crippen LogP contribution is -2.16. The van der Waals surface area contributed by atoms with E-state index in [0.717, 1.165) is 0 Å². The van der Waals surface area contributed by atoms with Crippen molar-refractivity contribution in [2.45, 2.75) is 13.0 Å². The lowest BCUT2D eigenvalue weighted by atomic mass is 10.4. The molecule has 0 aromatic carbocycles. The summed E-state index contributed by atoms with van der Waals surface area (Å²) in [5.41, 5.74) is 5.19. The van der Waals surface area contributed by atoms with E-state index < -0.39 is 0 Å². The van der Waals surface area contributed by atoms with Crippen molar-refractivity contribution in [2.75, 3.05) is 6.54 Å². The Morgan fingerprint density at radius 1 is 2.00 bits per heavy atom. The van der Waals surface area contributed by atoms with Crippen LogP contribution in [0.15, 0.2) is 0 Å². The molecule has 2 N–H and O–H groups in total. The van der Waals surface area contributed by atoms with Gasteiger partial charge >= 0.3 is 0 Å². The molecule has 0 bridgehead atoms. The van der Waals surface area contributed by atoms with Gasteiger partial charge in [0.05, 0.1) is 6.04 Å². The summed E-state index contributed by atoms with van der Waals surface area (Å²) in [7, 11) is 0. The molecule has 0 aliphatic heterocycles. The van der Waals surface area contributed by atoms with Gasteiger partial charge in [-0.15, -0.1) is 0 Å². The molecule has 0 aromatic heterocycles. The lowest BCUT2D eigenvalue weighted by molar-refractivity contribution is 0.806. The van der Waals surface area contributed by atoms with Crippen LogP contribution in [0.5, 0.6) is 0 Å². The monoisotopic (exact) mass is 84.1 g/mol. The molecule has 0 rings (SSSR count). The second-order valence-corrected chi connectivity index (χ2v) is 1.32. The highest BCUT2D eigenvalue weighted by atomic mass is 14.7. The van der Waals surface area contributed by atoms with Crippen molar-refractivity contribution in [3.63, 3.8) is 0 Å². The van der Waals surface area contributed by atoms with E-state index in [2.05, 4.69) is 4.85 Å². The molecule has 0 radical (unpaired) electrons. The highest BCUT2D eigenvalue weighted by molar-refractivity contribution is 4.66. The largest absolute Gasteiger partial charge is 0.322 e. The quantitative estimate of drug-likeness (QED) is 0.453. The highest BCUT2D eigenvalue weighted by Gasteiger charge is 1.89. The molecule has 34 valence electrons. The van der Waals surface area contributed by atoms with Crippen molar-refractivity contribution in [1.29, 1.82) is 0 Å². The Balaban J connectivity index is 2.88. The fraction of sp³-hybridized carbons (Fsp3) is 0.750. The summed E-state index contributed by atoms with van der Waals surface area (Å²) >= 11 is 0. The topological polar surface area (TPSA) is 30.4 Å². The summed E-state index contributed by atoms with van der Waals surface area (Å²) in [4.78, 5) is 3.06. The van der Waals surface area contributed by atoms with Crippen molar-refractivity contribution in [2.24, 2.45) is 5.73 Å². The van der Waals surface area contributed by atoms with Crippen molar-refractivity contribution in [1.82, 2.24) is 0 Å². The summed E-state index contributed by atoms with van der Waals surface area (Å²) in [5, 5.41) is 0. The first-order valence-electron chi connectivity index (χ1n) is 1.86. The van der Waals surface area contributed by atoms with Gasteiger partial charge in [0.1, 0.15) is 0 Å². The zero-order valence-corrected chi connectivity index (χ0v) is 3.81. The number of rotatable bonds is 1. The Bertz CT molecular complexity index is 60.4. The van der Waals surface area contributed by atoms with E-state index in [1.54, 1.807) is 0 Å². The molecule has 0 heterocycles. The Labute approximate surface area is 37.8 Å². The molecular weight excluding hydrogens is 76.1 g/mol. The van der Waals surface area contributed by atoms with Gasteiger partial charge in [0, 0.05) is 0 Å². The van der Waals surface area contributed by atoms with Gasteiger partial charge in [0.25, 0.3) is 0 Å². The molecule has 0 aliphatic carbocycles. The molecule has 0 aliphatic rings. The fourth-order valence-electron chi connectivity index (χ4n) is 0.144. The van der Waals surface area contributed by atoms with Crippen molar-refractivity contribution in [3.8, 4) is 0 Å². The Morgan fingerprint density at radius 3 is 2.50 bits per heavy atom. The second-order valence-electron chi connectivity index (χ2n) is 1.32. The van der Waals surface area contributed by atoms with Gasteiger partial charge in [-0.1, -0.05) is 0 Å². The maximum atomic E-state index is 6.28. The number of nitrogens with zero attached hydrogens (tertiary/aromatic N) is 1. The first-order valence-corrected chi connectivity index (χ1v) is 1.86. The van der Waals surface area contributed by atoms with Crippen LogP contribution in [0, 0.1) is 6.57 Å². The predicted molar refractivity (Wildman–Crippen MR) is 25.1 cm³/mol. The van der Waals surface area contributed by atoms with Crippen LogP contribution in [0.1, 0.15) is 6.92 Å². The molecule has 0 aromatic rings. The lowest BCUT2D eigenvalue weighted by Gasteiger charge is -1.86. The van der Waals surface area contributed by atoms with Crippen LogP contribution in [0.4, 0.5) is 0 Å². The molecule has 1 atom stereocenters. The van der Waals surface area contributed by atoms with E-state index in [-0.39, 0.29) is 6.04 Å². The van der Waals surface area contributed by atoms with E-state index in [0.29, 0.717) is 6.54 Å². The fourth-order valence-corrected chi connectivity index (χ4v) is 0.144. The molecule has 6 heavy (non-hydrogen) atoms. The molecule has 2 nitrogen and oxygen atoms in total. The van der Waals surface area contributed by atoms with Crippen molar-refractivity contribution < 1.29 is 0 Å². The SMILES string of the molecule is [C-]#[N+]CC(C)N. The minimum atomic E-state index is 0.0440. The number of hydrogen-bond donors (Lipinski definition) is 1. The average molecular weight is 84.1 g/mol. The van der Waals surface area contributed by atoms with Gasteiger partial charge in [-0.2, -0.15) is 0 Å². The van der Waals surface area contributed by atoms with Crippen molar-refractivity contribution in [3.05, 3.63) is 11.4 Å². The van der Waals surface area contributed by atoms with E-state index in [9.17, 15) is 0 Å². The van der Waals surface area contributed by atoms with E-state index in [4.69, 9.17) is 12.3 Å². The predicted octanol–water partition coefficient (Wildman–Crippen LogP) is 0.253. The Hall–Kier alpha value is -0.550. The molecular formula is C4H8N2. The van der Waals surface area contributed by atoms with Gasteiger partial charge in [0.15, 0.2) is 0 Å². The summed E-state index contributed by atoms with van der Waals surface area (Å²) in [6.07, 6.45) is 0. The molecule has 0 saturated carbocycles. The van der Waals surface area contributed by atoms with Crippen LogP contribution in [0.2, 0.25) is 0 Å². The van der Waals surface area contributed by atoms with Crippen LogP contribution >= 0.6 is 0 Å². The van der Waals surface area contributed by atoms with Crippen LogP contribution in [0.3, 0.4) is 0 Å². The van der Waals surface area contributed by atoms with Crippen LogP contribution in [-0.2, 0) is 0 Å². The summed E-state index contributed by atoms with van der Waals surface area (Å²) in [5.74, 6) is 0. The van der Waals surface area contributed by atoms with Crippen LogP contribution in [0.25, 0.3) is 4.85 Å². The maximum absolute atomic E-state index is 6.28. The number of nitrogens with two attached hydrogens (primary N) is 1. The van der Waals surface area contributed by atoms with Crippen molar-refractivity contribution >= 4 is 0 Å². The molecule has 1 unspecified atom stereocenters. The van der Waals surface area contributed by atoms with Crippen LogP contribution in [-0.4, -0.2) is 12.6 Å². The minimum Gasteiger partial charge on any atom is -0.322 e. The third-order valence-corrected chi connectivity index (χ3v) is 0.379. The van der Waals surface area contributed by atoms with Gasteiger partial charge in [-0.05, 0) is 6.92 Å². The molecule has 0 spiro atoms. The van der Waals surface area contributed by atoms with Crippen LogP contribution < -0.4 is 5.73 Å². The number of hydrogen-bond acceptors (Lipinski definition) is 1. The average Bonchev–Trinajstić information content (AvgIpc) is 1.35. The summed E-state index contributed by atoms with van der Waals surface area (Å²) in [6.45, 7) is 8.54.